The Balaban J connectivity index is 4.53. The second-order valence-electron chi connectivity index (χ2n) is 6.07. The van der Waals surface area contributed by atoms with Crippen LogP contribution in [0.1, 0.15) is 38.5 Å². The summed E-state index contributed by atoms with van der Waals surface area (Å²) in [6.07, 6.45) is 3.13. The molecule has 0 saturated heterocycles. The lowest BCUT2D eigenvalue weighted by molar-refractivity contribution is -0.142. The van der Waals surface area contributed by atoms with Gasteiger partial charge in [0.15, 0.2) is 0 Å². The van der Waals surface area contributed by atoms with E-state index in [9.17, 15) is 19.2 Å². The number of carbonyl (C=O) groups excluding carboxylic acids is 3. The van der Waals surface area contributed by atoms with Crippen LogP contribution in [-0.4, -0.2) is 67.1 Å². The van der Waals surface area contributed by atoms with Gasteiger partial charge in [0.1, 0.15) is 12.1 Å². The summed E-state index contributed by atoms with van der Waals surface area (Å²) >= 11 is 0. The maximum Gasteiger partial charge on any atom is 0.326 e. The molecule has 10 N–H and O–H groups in total. The minimum absolute atomic E-state index is 0.250. The zero-order valence-corrected chi connectivity index (χ0v) is 15.5. The summed E-state index contributed by atoms with van der Waals surface area (Å²) in [7, 11) is 0. The smallest absolute Gasteiger partial charge is 0.326 e. The molecule has 0 bridgehead atoms. The Morgan fingerprint density at radius 1 is 0.778 bits per heavy atom. The zero-order valence-electron chi connectivity index (χ0n) is 15.5. The summed E-state index contributed by atoms with van der Waals surface area (Å²) in [6.45, 7) is 0.244. The van der Waals surface area contributed by atoms with Gasteiger partial charge in [-0.3, -0.25) is 14.4 Å². The number of carboxylic acid groups (broad SMARTS) is 1. The van der Waals surface area contributed by atoms with E-state index in [1.807, 2.05) is 0 Å². The highest BCUT2D eigenvalue weighted by Crippen LogP contribution is 2.02. The molecule has 0 fully saturated rings. The predicted molar refractivity (Wildman–Crippen MR) is 99.4 cm³/mol. The summed E-state index contributed by atoms with van der Waals surface area (Å²) in [6, 6.07) is -1.88. The van der Waals surface area contributed by atoms with Crippen molar-refractivity contribution in [1.82, 2.24) is 16.0 Å². The van der Waals surface area contributed by atoms with Gasteiger partial charge in [0.25, 0.3) is 0 Å². The largest absolute Gasteiger partial charge is 0.480 e. The minimum Gasteiger partial charge on any atom is -0.480 e. The average molecular weight is 388 g/mol. The normalized spacial score (nSPS) is 12.7. The van der Waals surface area contributed by atoms with Crippen molar-refractivity contribution >= 4 is 23.7 Å². The van der Waals surface area contributed by atoms with Gasteiger partial charge in [-0.15, -0.1) is 0 Å². The van der Waals surface area contributed by atoms with Crippen LogP contribution in [0.2, 0.25) is 0 Å². The lowest BCUT2D eigenvalue weighted by Crippen LogP contribution is -2.51. The number of nitrogens with two attached hydrogens (primary N) is 3. The number of carbonyl (C=O) groups is 4. The fourth-order valence-electron chi connectivity index (χ4n) is 2.30. The van der Waals surface area contributed by atoms with Crippen LogP contribution >= 0.6 is 0 Å². The van der Waals surface area contributed by atoms with Crippen LogP contribution in [0.3, 0.4) is 0 Å². The molecule has 0 aliphatic heterocycles. The molecule has 0 aromatic rings. The number of aliphatic carboxylic acids is 1. The SMILES string of the molecule is NCCCC[C@H](NC(=O)CNC(=O)[C@H](CCCCN)NC(=O)CN)C(=O)O. The second-order valence-corrected chi connectivity index (χ2v) is 6.07. The Morgan fingerprint density at radius 3 is 1.78 bits per heavy atom. The number of hydrogen-bond acceptors (Lipinski definition) is 7. The fourth-order valence-corrected chi connectivity index (χ4v) is 2.30. The Hall–Kier alpha value is -2.24. The summed E-state index contributed by atoms with van der Waals surface area (Å²) in [5, 5.41) is 16.4. The van der Waals surface area contributed by atoms with Crippen LogP contribution in [-0.2, 0) is 19.2 Å². The maximum atomic E-state index is 12.2. The first-order valence-corrected chi connectivity index (χ1v) is 9.05. The van der Waals surface area contributed by atoms with E-state index in [0.29, 0.717) is 45.2 Å². The van der Waals surface area contributed by atoms with Gasteiger partial charge in [0.05, 0.1) is 13.1 Å². The Bertz CT molecular complexity index is 488. The van der Waals surface area contributed by atoms with Crippen molar-refractivity contribution in [2.45, 2.75) is 50.6 Å². The average Bonchev–Trinajstić information content (AvgIpc) is 2.64. The van der Waals surface area contributed by atoms with Crippen LogP contribution in [0.4, 0.5) is 0 Å². The number of carboxylic acids is 1. The van der Waals surface area contributed by atoms with Gasteiger partial charge in [-0.1, -0.05) is 0 Å². The lowest BCUT2D eigenvalue weighted by atomic mass is 10.1. The minimum atomic E-state index is -1.15. The van der Waals surface area contributed by atoms with E-state index in [4.69, 9.17) is 22.3 Å². The van der Waals surface area contributed by atoms with Crippen molar-refractivity contribution in [2.75, 3.05) is 26.2 Å². The molecule has 0 unspecified atom stereocenters. The molecular weight excluding hydrogens is 356 g/mol. The van der Waals surface area contributed by atoms with Crippen molar-refractivity contribution in [3.8, 4) is 0 Å². The zero-order chi connectivity index (χ0) is 20.7. The van der Waals surface area contributed by atoms with Gasteiger partial charge in [0.2, 0.25) is 17.7 Å². The van der Waals surface area contributed by atoms with E-state index >= 15 is 0 Å². The highest BCUT2D eigenvalue weighted by atomic mass is 16.4. The first kappa shape index (κ1) is 24.8. The molecule has 0 heterocycles. The lowest BCUT2D eigenvalue weighted by Gasteiger charge is -2.19. The monoisotopic (exact) mass is 388 g/mol. The summed E-state index contributed by atoms with van der Waals surface area (Å²) in [5.74, 6) is -2.81. The van der Waals surface area contributed by atoms with Gasteiger partial charge < -0.3 is 38.3 Å². The van der Waals surface area contributed by atoms with Gasteiger partial charge in [0, 0.05) is 0 Å². The third-order valence-electron chi connectivity index (χ3n) is 3.79. The highest BCUT2D eigenvalue weighted by molar-refractivity contribution is 5.91. The van der Waals surface area contributed by atoms with Crippen LogP contribution in [0.5, 0.6) is 0 Å². The topological polar surface area (TPSA) is 203 Å². The van der Waals surface area contributed by atoms with E-state index < -0.39 is 42.3 Å². The maximum absolute atomic E-state index is 12.2. The molecule has 27 heavy (non-hydrogen) atoms. The molecule has 156 valence electrons. The number of nitrogens with one attached hydrogen (secondary N) is 3. The Morgan fingerprint density at radius 2 is 1.30 bits per heavy atom. The molecule has 0 aromatic heterocycles. The molecule has 11 nitrogen and oxygen atoms in total. The number of rotatable bonds is 15. The first-order valence-electron chi connectivity index (χ1n) is 9.05. The van der Waals surface area contributed by atoms with Crippen molar-refractivity contribution in [1.29, 1.82) is 0 Å². The third kappa shape index (κ3) is 11.9. The molecule has 0 saturated carbocycles. The van der Waals surface area contributed by atoms with E-state index in [1.165, 1.54) is 0 Å². The fraction of sp³-hybridized carbons (Fsp3) is 0.750. The van der Waals surface area contributed by atoms with Crippen LogP contribution < -0.4 is 33.2 Å². The summed E-state index contributed by atoms with van der Waals surface area (Å²) in [5.41, 5.74) is 16.0. The van der Waals surface area contributed by atoms with Crippen LogP contribution in [0.15, 0.2) is 0 Å². The Labute approximate surface area is 158 Å². The molecule has 0 aromatic carbocycles. The molecule has 0 radical (unpaired) electrons. The molecule has 0 aliphatic carbocycles. The summed E-state index contributed by atoms with van der Waals surface area (Å²) in [4.78, 5) is 46.8. The van der Waals surface area contributed by atoms with Crippen molar-refractivity contribution in [3.63, 3.8) is 0 Å². The van der Waals surface area contributed by atoms with Gasteiger partial charge in [-0.05, 0) is 51.6 Å². The molecular formula is C16H32N6O5. The van der Waals surface area contributed by atoms with Crippen LogP contribution in [0, 0.1) is 0 Å². The third-order valence-corrected chi connectivity index (χ3v) is 3.79. The second kappa shape index (κ2) is 14.9. The van der Waals surface area contributed by atoms with Crippen LogP contribution in [0.25, 0.3) is 0 Å². The van der Waals surface area contributed by atoms with E-state index in [1.54, 1.807) is 0 Å². The molecule has 0 spiro atoms. The number of unbranched alkanes of at least 4 members (excludes halogenated alkanes) is 2. The van der Waals surface area contributed by atoms with E-state index in [2.05, 4.69) is 16.0 Å². The summed E-state index contributed by atoms with van der Waals surface area (Å²) < 4.78 is 0. The van der Waals surface area contributed by atoms with Crippen molar-refractivity contribution in [2.24, 2.45) is 17.2 Å². The van der Waals surface area contributed by atoms with Gasteiger partial charge in [-0.25, -0.2) is 4.79 Å². The quantitative estimate of drug-likeness (QED) is 0.147. The molecule has 2 atom stereocenters. The number of amides is 3. The number of hydrogen-bond donors (Lipinski definition) is 7. The van der Waals surface area contributed by atoms with E-state index in [0.717, 1.165) is 0 Å². The molecule has 3 amide bonds. The first-order chi connectivity index (χ1) is 12.8. The van der Waals surface area contributed by atoms with Crippen molar-refractivity contribution < 1.29 is 24.3 Å². The standard InChI is InChI=1S/C16H32N6O5/c17-7-3-1-5-11(21-13(23)9-19)15(25)20-10-14(24)22-12(16(26)27)6-2-4-8-18/h11-12H,1-10,17-19H2,(H,20,25)(H,21,23)(H,22,24)(H,26,27)/t11-,12-/m0/s1. The van der Waals surface area contributed by atoms with E-state index in [-0.39, 0.29) is 13.0 Å². The molecule has 0 rings (SSSR count). The molecule has 11 heteroatoms. The van der Waals surface area contributed by atoms with Gasteiger partial charge >= 0.3 is 5.97 Å². The molecule has 0 aliphatic rings. The Kier molecular flexibility index (Phi) is 13.6. The van der Waals surface area contributed by atoms with Gasteiger partial charge in [-0.2, -0.15) is 0 Å². The highest BCUT2D eigenvalue weighted by Gasteiger charge is 2.22. The predicted octanol–water partition coefficient (Wildman–Crippen LogP) is -2.63. The van der Waals surface area contributed by atoms with Crippen molar-refractivity contribution in [3.05, 3.63) is 0 Å².